The number of amidine groups is 1. The Morgan fingerprint density at radius 1 is 1.20 bits per heavy atom. The van der Waals surface area contributed by atoms with Crippen molar-refractivity contribution in [2.45, 2.75) is 6.92 Å². The minimum atomic E-state index is -0.228. The van der Waals surface area contributed by atoms with Gasteiger partial charge in [-0.05, 0) is 60.2 Å². The van der Waals surface area contributed by atoms with Crippen LogP contribution in [0.25, 0.3) is 6.08 Å². The van der Waals surface area contributed by atoms with Gasteiger partial charge >= 0.3 is 0 Å². The number of ether oxygens (including phenoxy) is 2. The average Bonchev–Trinajstić information content (AvgIpc) is 3.17. The molecule has 0 bridgehead atoms. The molecular weight excluding hydrogens is 340 g/mol. The molecule has 2 heterocycles. The van der Waals surface area contributed by atoms with E-state index in [9.17, 15) is 9.90 Å². The number of aromatic hydroxyl groups is 1. The van der Waals surface area contributed by atoms with Crippen LogP contribution in [0.5, 0.6) is 17.2 Å². The number of aryl methyl sites for hydroxylation is 1. The molecule has 7 heteroatoms. The van der Waals surface area contributed by atoms with Gasteiger partial charge in [0.15, 0.2) is 16.7 Å². The van der Waals surface area contributed by atoms with Gasteiger partial charge < -0.3 is 19.9 Å². The van der Waals surface area contributed by atoms with Crippen molar-refractivity contribution in [3.8, 4) is 17.2 Å². The SMILES string of the molecule is Cc1ccc(O)c(N=C2NC(=O)/C(=C/c3ccc4c(c3)OCO4)S2)c1. The van der Waals surface area contributed by atoms with Gasteiger partial charge in [-0.1, -0.05) is 12.1 Å². The number of hydrogen-bond donors (Lipinski definition) is 2. The molecule has 0 saturated carbocycles. The number of nitrogens with zero attached hydrogens (tertiary/aromatic N) is 1. The number of amides is 1. The summed E-state index contributed by atoms with van der Waals surface area (Å²) in [6.45, 7) is 2.12. The van der Waals surface area contributed by atoms with Crippen molar-refractivity contribution < 1.29 is 19.4 Å². The van der Waals surface area contributed by atoms with Gasteiger partial charge in [-0.3, -0.25) is 4.79 Å². The number of thioether (sulfide) groups is 1. The van der Waals surface area contributed by atoms with Crippen LogP contribution in [0.15, 0.2) is 46.3 Å². The third-order valence-corrected chi connectivity index (χ3v) is 4.61. The molecule has 126 valence electrons. The van der Waals surface area contributed by atoms with Crippen LogP contribution >= 0.6 is 11.8 Å². The Hall–Kier alpha value is -2.93. The summed E-state index contributed by atoms with van der Waals surface area (Å²) in [7, 11) is 0. The molecule has 2 aromatic carbocycles. The van der Waals surface area contributed by atoms with E-state index in [1.165, 1.54) is 11.8 Å². The molecule has 0 spiro atoms. The van der Waals surface area contributed by atoms with Crippen molar-refractivity contribution in [1.29, 1.82) is 0 Å². The maximum absolute atomic E-state index is 12.2. The van der Waals surface area contributed by atoms with Gasteiger partial charge in [0, 0.05) is 0 Å². The van der Waals surface area contributed by atoms with E-state index in [0.29, 0.717) is 27.3 Å². The standard InChI is InChI=1S/C18H14N2O4S/c1-10-2-4-13(21)12(6-10)19-18-20-17(22)16(25-18)8-11-3-5-14-15(7-11)24-9-23-14/h2-8,21H,9H2,1H3,(H,19,20,22)/b16-8-. The van der Waals surface area contributed by atoms with Gasteiger partial charge in [0.25, 0.3) is 5.91 Å². The number of aliphatic imine (C=N–C) groups is 1. The topological polar surface area (TPSA) is 80.2 Å². The van der Waals surface area contributed by atoms with E-state index in [0.717, 1.165) is 11.1 Å². The monoisotopic (exact) mass is 354 g/mol. The summed E-state index contributed by atoms with van der Waals surface area (Å²) in [5.41, 5.74) is 2.23. The number of carbonyl (C=O) groups excluding carboxylic acids is 1. The minimum absolute atomic E-state index is 0.0705. The van der Waals surface area contributed by atoms with Gasteiger partial charge in [0.1, 0.15) is 11.4 Å². The molecule has 1 fully saturated rings. The number of fused-ring (bicyclic) bond motifs is 1. The second-order valence-corrected chi connectivity index (χ2v) is 6.62. The van der Waals surface area contributed by atoms with Crippen LogP contribution in [-0.2, 0) is 4.79 Å². The summed E-state index contributed by atoms with van der Waals surface area (Å²) in [5, 5.41) is 13.0. The van der Waals surface area contributed by atoms with Crippen molar-refractivity contribution in [3.05, 3.63) is 52.4 Å². The molecule has 2 aromatic rings. The average molecular weight is 354 g/mol. The van der Waals surface area contributed by atoms with E-state index in [1.54, 1.807) is 24.3 Å². The molecule has 0 atom stereocenters. The number of nitrogens with one attached hydrogen (secondary N) is 1. The van der Waals surface area contributed by atoms with E-state index in [4.69, 9.17) is 9.47 Å². The lowest BCUT2D eigenvalue weighted by atomic mass is 10.2. The van der Waals surface area contributed by atoms with Crippen LogP contribution in [0.1, 0.15) is 11.1 Å². The summed E-state index contributed by atoms with van der Waals surface area (Å²) < 4.78 is 10.6. The Morgan fingerprint density at radius 2 is 2.04 bits per heavy atom. The second-order valence-electron chi connectivity index (χ2n) is 5.59. The van der Waals surface area contributed by atoms with Gasteiger partial charge in [0.2, 0.25) is 6.79 Å². The highest BCUT2D eigenvalue weighted by molar-refractivity contribution is 8.18. The van der Waals surface area contributed by atoms with Crippen LogP contribution in [-0.4, -0.2) is 23.0 Å². The van der Waals surface area contributed by atoms with E-state index < -0.39 is 0 Å². The molecule has 2 aliphatic rings. The normalized spacial score (nSPS) is 18.8. The summed E-state index contributed by atoms with van der Waals surface area (Å²) in [5.74, 6) is 1.20. The fourth-order valence-corrected chi connectivity index (χ4v) is 3.30. The Morgan fingerprint density at radius 3 is 2.92 bits per heavy atom. The Labute approximate surface area is 148 Å². The van der Waals surface area contributed by atoms with Crippen molar-refractivity contribution in [3.63, 3.8) is 0 Å². The van der Waals surface area contributed by atoms with E-state index >= 15 is 0 Å². The molecule has 0 aliphatic carbocycles. The number of hydrogen-bond acceptors (Lipinski definition) is 6. The molecule has 0 unspecified atom stereocenters. The Balaban J connectivity index is 1.60. The molecule has 4 rings (SSSR count). The summed E-state index contributed by atoms with van der Waals surface area (Å²) in [6.07, 6.45) is 1.76. The van der Waals surface area contributed by atoms with Crippen molar-refractivity contribution in [2.75, 3.05) is 6.79 Å². The molecule has 1 amide bonds. The lowest BCUT2D eigenvalue weighted by Gasteiger charge is -2.01. The summed E-state index contributed by atoms with van der Waals surface area (Å²) in [6, 6.07) is 10.6. The zero-order valence-electron chi connectivity index (χ0n) is 13.3. The first-order valence-electron chi connectivity index (χ1n) is 7.57. The van der Waals surface area contributed by atoms with Crippen molar-refractivity contribution in [1.82, 2.24) is 5.32 Å². The molecule has 1 saturated heterocycles. The Kier molecular flexibility index (Phi) is 3.85. The molecule has 2 N–H and O–H groups in total. The first kappa shape index (κ1) is 15.6. The number of phenols is 1. The number of carbonyl (C=O) groups is 1. The highest BCUT2D eigenvalue weighted by Gasteiger charge is 2.24. The maximum Gasteiger partial charge on any atom is 0.264 e. The van der Waals surface area contributed by atoms with Crippen molar-refractivity contribution >= 4 is 34.6 Å². The summed E-state index contributed by atoms with van der Waals surface area (Å²) >= 11 is 1.22. The highest BCUT2D eigenvalue weighted by Crippen LogP contribution is 2.35. The van der Waals surface area contributed by atoms with Crippen LogP contribution < -0.4 is 14.8 Å². The fourth-order valence-electron chi connectivity index (χ4n) is 2.47. The molecular formula is C18H14N2O4S. The first-order chi connectivity index (χ1) is 12.1. The van der Waals surface area contributed by atoms with Crippen LogP contribution in [0.2, 0.25) is 0 Å². The van der Waals surface area contributed by atoms with E-state index in [1.807, 2.05) is 25.1 Å². The third-order valence-electron chi connectivity index (χ3n) is 3.70. The fraction of sp³-hybridized carbons (Fsp3) is 0.111. The summed E-state index contributed by atoms with van der Waals surface area (Å²) in [4.78, 5) is 17.0. The zero-order valence-corrected chi connectivity index (χ0v) is 14.1. The smallest absolute Gasteiger partial charge is 0.264 e. The molecule has 6 nitrogen and oxygen atoms in total. The van der Waals surface area contributed by atoms with Gasteiger partial charge in [-0.25, -0.2) is 4.99 Å². The third kappa shape index (κ3) is 3.18. The number of benzene rings is 2. The van der Waals surface area contributed by atoms with E-state index in [-0.39, 0.29) is 18.4 Å². The molecule has 0 aromatic heterocycles. The first-order valence-corrected chi connectivity index (χ1v) is 8.39. The highest BCUT2D eigenvalue weighted by atomic mass is 32.2. The van der Waals surface area contributed by atoms with Gasteiger partial charge in [-0.15, -0.1) is 0 Å². The lowest BCUT2D eigenvalue weighted by Crippen LogP contribution is -2.19. The second kappa shape index (κ2) is 6.18. The minimum Gasteiger partial charge on any atom is -0.506 e. The largest absolute Gasteiger partial charge is 0.506 e. The van der Waals surface area contributed by atoms with Gasteiger partial charge in [0.05, 0.1) is 4.91 Å². The molecule has 25 heavy (non-hydrogen) atoms. The zero-order chi connectivity index (χ0) is 17.4. The lowest BCUT2D eigenvalue weighted by molar-refractivity contribution is -0.115. The van der Waals surface area contributed by atoms with Crippen LogP contribution in [0.4, 0.5) is 5.69 Å². The Bertz CT molecular complexity index is 937. The molecule has 2 aliphatic heterocycles. The van der Waals surface area contributed by atoms with Crippen molar-refractivity contribution in [2.24, 2.45) is 4.99 Å². The van der Waals surface area contributed by atoms with E-state index in [2.05, 4.69) is 10.3 Å². The predicted molar refractivity (Wildman–Crippen MR) is 96.2 cm³/mol. The maximum atomic E-state index is 12.2. The number of rotatable bonds is 2. The molecule has 0 radical (unpaired) electrons. The van der Waals surface area contributed by atoms with Crippen LogP contribution in [0.3, 0.4) is 0 Å². The predicted octanol–water partition coefficient (Wildman–Crippen LogP) is 3.32. The van der Waals surface area contributed by atoms with Crippen LogP contribution in [0, 0.1) is 6.92 Å². The quantitative estimate of drug-likeness (QED) is 0.809. The number of phenolic OH excluding ortho intramolecular Hbond substituents is 1. The van der Waals surface area contributed by atoms with Gasteiger partial charge in [-0.2, -0.15) is 0 Å².